The molecule has 0 bridgehead atoms. The second-order valence-electron chi connectivity index (χ2n) is 5.24. The molecule has 1 unspecified atom stereocenters. The Labute approximate surface area is 130 Å². The molecular formula is C18H21NO3. The molecule has 0 aromatic heterocycles. The van der Waals surface area contributed by atoms with Gasteiger partial charge in [-0.25, -0.2) is 0 Å². The lowest BCUT2D eigenvalue weighted by Crippen LogP contribution is -2.33. The number of esters is 1. The molecular weight excluding hydrogens is 278 g/mol. The molecule has 0 heterocycles. The molecule has 4 nitrogen and oxygen atoms in total. The summed E-state index contributed by atoms with van der Waals surface area (Å²) in [5.41, 5.74) is 9.58. The molecule has 0 saturated heterocycles. The first kappa shape index (κ1) is 16.0. The lowest BCUT2D eigenvalue weighted by atomic mass is 9.97. The molecule has 2 rings (SSSR count). The maximum atomic E-state index is 11.4. The normalized spacial score (nSPS) is 12.0. The van der Waals surface area contributed by atoms with E-state index < -0.39 is 12.0 Å². The Balaban J connectivity index is 2.28. The van der Waals surface area contributed by atoms with Gasteiger partial charge in [-0.1, -0.05) is 37.3 Å². The summed E-state index contributed by atoms with van der Waals surface area (Å²) >= 11 is 0. The van der Waals surface area contributed by atoms with E-state index in [1.54, 1.807) is 12.1 Å². The van der Waals surface area contributed by atoms with E-state index in [9.17, 15) is 9.90 Å². The minimum atomic E-state index is -0.704. The Bertz CT molecular complexity index is 650. The van der Waals surface area contributed by atoms with E-state index >= 15 is 0 Å². The third-order valence-electron chi connectivity index (χ3n) is 3.69. The molecule has 4 heteroatoms. The van der Waals surface area contributed by atoms with Crippen LogP contribution >= 0.6 is 0 Å². The zero-order valence-electron chi connectivity index (χ0n) is 12.9. The van der Waals surface area contributed by atoms with Gasteiger partial charge in [-0.3, -0.25) is 4.79 Å². The number of aryl methyl sites for hydroxylation is 1. The average molecular weight is 299 g/mol. The summed E-state index contributed by atoms with van der Waals surface area (Å²) in [6.07, 6.45) is 1.34. The van der Waals surface area contributed by atoms with E-state index in [0.29, 0.717) is 6.42 Å². The standard InChI is InChI=1S/C18H21NO3/c1-3-12-4-7-14(8-5-12)15-10-13(6-9-17(15)20)11-16(19)18(21)22-2/h4-10,16,20H,3,11,19H2,1-2H3. The van der Waals surface area contributed by atoms with Gasteiger partial charge in [-0.15, -0.1) is 0 Å². The summed E-state index contributed by atoms with van der Waals surface area (Å²) in [5.74, 6) is -0.235. The molecule has 22 heavy (non-hydrogen) atoms. The Morgan fingerprint density at radius 1 is 1.18 bits per heavy atom. The van der Waals surface area contributed by atoms with Crippen molar-refractivity contribution in [2.24, 2.45) is 5.73 Å². The molecule has 0 radical (unpaired) electrons. The maximum Gasteiger partial charge on any atom is 0.322 e. The van der Waals surface area contributed by atoms with Crippen LogP contribution in [0.15, 0.2) is 42.5 Å². The average Bonchev–Trinajstić information content (AvgIpc) is 2.55. The Kier molecular flexibility index (Phi) is 5.17. The fraction of sp³-hybridized carbons (Fsp3) is 0.278. The summed E-state index contributed by atoms with van der Waals surface area (Å²) in [6, 6.07) is 12.6. The van der Waals surface area contributed by atoms with Crippen LogP contribution in [0.3, 0.4) is 0 Å². The molecule has 1 atom stereocenters. The Morgan fingerprint density at radius 2 is 1.82 bits per heavy atom. The van der Waals surface area contributed by atoms with Crippen LogP contribution < -0.4 is 5.73 Å². The summed E-state index contributed by atoms with van der Waals surface area (Å²) in [5, 5.41) is 10.1. The molecule has 0 aliphatic rings. The molecule has 0 aliphatic heterocycles. The van der Waals surface area contributed by atoms with E-state index in [2.05, 4.69) is 11.7 Å². The van der Waals surface area contributed by atoms with Crippen LogP contribution in [0.25, 0.3) is 11.1 Å². The minimum absolute atomic E-state index is 0.208. The van der Waals surface area contributed by atoms with Crippen LogP contribution in [0.5, 0.6) is 5.75 Å². The van der Waals surface area contributed by atoms with Gasteiger partial charge in [-0.05, 0) is 41.7 Å². The first-order valence-electron chi connectivity index (χ1n) is 7.29. The van der Waals surface area contributed by atoms with Gasteiger partial charge in [0, 0.05) is 5.56 Å². The summed E-state index contributed by atoms with van der Waals surface area (Å²) in [6.45, 7) is 2.10. The van der Waals surface area contributed by atoms with Crippen molar-refractivity contribution >= 4 is 5.97 Å². The number of phenols is 1. The van der Waals surface area contributed by atoms with Crippen molar-refractivity contribution in [3.63, 3.8) is 0 Å². The van der Waals surface area contributed by atoms with Crippen LogP contribution in [0.2, 0.25) is 0 Å². The smallest absolute Gasteiger partial charge is 0.322 e. The minimum Gasteiger partial charge on any atom is -0.507 e. The topological polar surface area (TPSA) is 72.6 Å². The zero-order valence-corrected chi connectivity index (χ0v) is 12.9. The highest BCUT2D eigenvalue weighted by atomic mass is 16.5. The molecule has 2 aromatic rings. The molecule has 0 spiro atoms. The fourth-order valence-corrected chi connectivity index (χ4v) is 2.35. The number of carbonyl (C=O) groups excluding carboxylic acids is 1. The Morgan fingerprint density at radius 3 is 2.41 bits per heavy atom. The van der Waals surface area contributed by atoms with Gasteiger partial charge in [0.15, 0.2) is 0 Å². The number of aromatic hydroxyl groups is 1. The van der Waals surface area contributed by atoms with Gasteiger partial charge in [0.05, 0.1) is 7.11 Å². The number of hydrogen-bond acceptors (Lipinski definition) is 4. The number of phenolic OH excluding ortho intramolecular Hbond substituents is 1. The van der Waals surface area contributed by atoms with E-state index in [4.69, 9.17) is 5.73 Å². The van der Waals surface area contributed by atoms with Gasteiger partial charge >= 0.3 is 5.97 Å². The highest BCUT2D eigenvalue weighted by Crippen LogP contribution is 2.30. The van der Waals surface area contributed by atoms with Crippen molar-refractivity contribution < 1.29 is 14.6 Å². The van der Waals surface area contributed by atoms with Crippen molar-refractivity contribution in [1.82, 2.24) is 0 Å². The molecule has 0 amide bonds. The van der Waals surface area contributed by atoms with E-state index in [1.165, 1.54) is 12.7 Å². The van der Waals surface area contributed by atoms with Crippen molar-refractivity contribution in [3.8, 4) is 16.9 Å². The quantitative estimate of drug-likeness (QED) is 0.833. The first-order chi connectivity index (χ1) is 10.5. The number of ether oxygens (including phenoxy) is 1. The number of methoxy groups -OCH3 is 1. The van der Waals surface area contributed by atoms with Crippen LogP contribution in [-0.2, 0) is 22.4 Å². The van der Waals surface area contributed by atoms with Crippen LogP contribution in [-0.4, -0.2) is 24.2 Å². The summed E-state index contributed by atoms with van der Waals surface area (Å²) in [7, 11) is 1.32. The van der Waals surface area contributed by atoms with Crippen LogP contribution in [0.4, 0.5) is 0 Å². The van der Waals surface area contributed by atoms with Crippen LogP contribution in [0.1, 0.15) is 18.1 Å². The van der Waals surface area contributed by atoms with Crippen molar-refractivity contribution in [2.75, 3.05) is 7.11 Å². The lowest BCUT2D eigenvalue weighted by molar-refractivity contribution is -0.142. The molecule has 3 N–H and O–H groups in total. The highest BCUT2D eigenvalue weighted by molar-refractivity contribution is 5.76. The lowest BCUT2D eigenvalue weighted by Gasteiger charge is -2.12. The molecule has 116 valence electrons. The third-order valence-corrected chi connectivity index (χ3v) is 3.69. The number of hydrogen-bond donors (Lipinski definition) is 2. The second kappa shape index (κ2) is 7.09. The molecule has 0 saturated carbocycles. The van der Waals surface area contributed by atoms with Crippen molar-refractivity contribution in [1.29, 1.82) is 0 Å². The molecule has 2 aromatic carbocycles. The third kappa shape index (κ3) is 3.65. The SMILES string of the molecule is CCc1ccc(-c2cc(CC(N)C(=O)OC)ccc2O)cc1. The van der Waals surface area contributed by atoms with Gasteiger partial charge in [-0.2, -0.15) is 0 Å². The first-order valence-corrected chi connectivity index (χ1v) is 7.29. The number of carbonyl (C=O) groups is 1. The van der Waals surface area contributed by atoms with Crippen LogP contribution in [0, 0.1) is 0 Å². The van der Waals surface area contributed by atoms with Gasteiger partial charge < -0.3 is 15.6 Å². The summed E-state index contributed by atoms with van der Waals surface area (Å²) < 4.78 is 4.64. The second-order valence-corrected chi connectivity index (χ2v) is 5.24. The van der Waals surface area contributed by atoms with E-state index in [1.807, 2.05) is 30.3 Å². The zero-order chi connectivity index (χ0) is 16.1. The highest BCUT2D eigenvalue weighted by Gasteiger charge is 2.15. The van der Waals surface area contributed by atoms with E-state index in [-0.39, 0.29) is 5.75 Å². The molecule has 0 aliphatic carbocycles. The van der Waals surface area contributed by atoms with Gasteiger partial charge in [0.25, 0.3) is 0 Å². The van der Waals surface area contributed by atoms with Crippen molar-refractivity contribution in [3.05, 3.63) is 53.6 Å². The fourth-order valence-electron chi connectivity index (χ4n) is 2.35. The predicted molar refractivity (Wildman–Crippen MR) is 86.6 cm³/mol. The van der Waals surface area contributed by atoms with Gasteiger partial charge in [0.1, 0.15) is 11.8 Å². The number of nitrogens with two attached hydrogens (primary N) is 1. The summed E-state index contributed by atoms with van der Waals surface area (Å²) in [4.78, 5) is 11.4. The molecule has 0 fully saturated rings. The number of benzene rings is 2. The van der Waals surface area contributed by atoms with Crippen molar-refractivity contribution in [2.45, 2.75) is 25.8 Å². The maximum absolute atomic E-state index is 11.4. The largest absolute Gasteiger partial charge is 0.507 e. The monoisotopic (exact) mass is 299 g/mol. The van der Waals surface area contributed by atoms with E-state index in [0.717, 1.165) is 23.1 Å². The Hall–Kier alpha value is -2.33. The van der Waals surface area contributed by atoms with Gasteiger partial charge in [0.2, 0.25) is 0 Å². The predicted octanol–water partition coefficient (Wildman–Crippen LogP) is 2.66. The number of rotatable bonds is 5.